The predicted molar refractivity (Wildman–Crippen MR) is 17.3 cm³/mol. The molecule has 0 aromatic heterocycles. The van der Waals surface area contributed by atoms with Crippen molar-refractivity contribution in [2.75, 3.05) is 0 Å². The van der Waals surface area contributed by atoms with Gasteiger partial charge >= 0.3 is 86.6 Å². The molecule has 32 valence electrons. The Morgan fingerprint density at radius 2 is 0.857 bits per heavy atom. The summed E-state index contributed by atoms with van der Waals surface area (Å²) in [5.41, 5.74) is 0. The summed E-state index contributed by atoms with van der Waals surface area (Å²) in [4.78, 5) is 34.3. The van der Waals surface area contributed by atoms with Crippen LogP contribution in [0.4, 0.5) is 0 Å². The molecule has 0 bridgehead atoms. The topological polar surface area (TPSA) is 92.2 Å². The molecule has 0 heterocycles. The van der Waals surface area contributed by atoms with Crippen LogP contribution < -0.4 is 19.2 Å². The maximum atomic E-state index is 8.58. The van der Waals surface area contributed by atoms with Crippen LogP contribution in [0.2, 0.25) is 0 Å². The summed E-state index contributed by atoms with van der Waals surface area (Å²) in [5, 5.41) is 0. The molecule has 0 radical (unpaired) electrons. The van der Waals surface area contributed by atoms with E-state index in [1.165, 1.54) is 0 Å². The molecule has 7 heteroatoms. The molecule has 0 fully saturated rings. The van der Waals surface area contributed by atoms with Crippen LogP contribution in [-0.4, -0.2) is 95.7 Å². The van der Waals surface area contributed by atoms with Gasteiger partial charge in [-0.2, -0.15) is 0 Å². The molecular formula is BaCaO4Si. The van der Waals surface area contributed by atoms with Gasteiger partial charge in [-0.05, 0) is 0 Å². The molecule has 0 atom stereocenters. The summed E-state index contributed by atoms with van der Waals surface area (Å²) >= 11 is 0. The summed E-state index contributed by atoms with van der Waals surface area (Å²) < 4.78 is 0. The molecule has 0 unspecified atom stereocenters. The van der Waals surface area contributed by atoms with Crippen LogP contribution in [-0.2, 0) is 0 Å². The van der Waals surface area contributed by atoms with Crippen LogP contribution in [0.3, 0.4) is 0 Å². The fourth-order valence-electron chi connectivity index (χ4n) is 0. The van der Waals surface area contributed by atoms with Crippen molar-refractivity contribution in [2.24, 2.45) is 0 Å². The second-order valence-electron chi connectivity index (χ2n) is 0.500. The number of hydrogen-bond acceptors (Lipinski definition) is 4. The maximum absolute atomic E-state index is 8.58. The second-order valence-corrected chi connectivity index (χ2v) is 1.50. The van der Waals surface area contributed by atoms with Crippen LogP contribution in [0.1, 0.15) is 0 Å². The molecule has 0 aliphatic heterocycles. The van der Waals surface area contributed by atoms with Crippen LogP contribution in [0.5, 0.6) is 0 Å². The Labute approximate surface area is 112 Å². The van der Waals surface area contributed by atoms with Crippen molar-refractivity contribution in [2.45, 2.75) is 0 Å². The fraction of sp³-hybridized carbons (Fsp3) is 0. The van der Waals surface area contributed by atoms with E-state index in [9.17, 15) is 0 Å². The summed E-state index contributed by atoms with van der Waals surface area (Å²) in [6.07, 6.45) is 0. The van der Waals surface area contributed by atoms with Gasteiger partial charge in [0.1, 0.15) is 0 Å². The van der Waals surface area contributed by atoms with Crippen molar-refractivity contribution in [3.8, 4) is 0 Å². The van der Waals surface area contributed by atoms with Crippen LogP contribution in [0.15, 0.2) is 0 Å². The minimum Gasteiger partial charge on any atom is -0.894 e. The first-order valence-corrected chi connectivity index (χ1v) is 2.45. The van der Waals surface area contributed by atoms with Gasteiger partial charge in [-0.15, -0.1) is 0 Å². The van der Waals surface area contributed by atoms with E-state index in [1.54, 1.807) is 0 Å². The Morgan fingerprint density at radius 3 is 0.857 bits per heavy atom. The smallest absolute Gasteiger partial charge is 0.894 e. The second kappa shape index (κ2) is 7.00. The SMILES string of the molecule is [Ba+2].[Ca+2].[O-][Si]([O-])([O-])[O-]. The quantitative estimate of drug-likeness (QED) is 0.409. The Bertz CT molecular complexity index is 27.2. The Kier molecular flexibility index (Phi) is 16.5. The van der Waals surface area contributed by atoms with E-state index >= 15 is 0 Å². The minimum atomic E-state index is -5.61. The van der Waals surface area contributed by atoms with Gasteiger partial charge in [0.25, 0.3) is 0 Å². The van der Waals surface area contributed by atoms with Gasteiger partial charge in [0.15, 0.2) is 0 Å². The van der Waals surface area contributed by atoms with Crippen molar-refractivity contribution >= 4 is 95.7 Å². The van der Waals surface area contributed by atoms with Gasteiger partial charge in [-0.3, -0.25) is 0 Å². The summed E-state index contributed by atoms with van der Waals surface area (Å²) in [5.74, 6) is 0. The first-order valence-electron chi connectivity index (χ1n) is 0.816. The zero-order valence-corrected chi connectivity index (χ0v) is 11.2. The Balaban J connectivity index is -0.0000000800. The van der Waals surface area contributed by atoms with Gasteiger partial charge in [-0.1, -0.05) is 0 Å². The number of rotatable bonds is 0. The average molecular weight is 269 g/mol. The van der Waals surface area contributed by atoms with Crippen LogP contribution in [0, 0.1) is 0 Å². The van der Waals surface area contributed by atoms with Crippen molar-refractivity contribution in [1.29, 1.82) is 0 Å². The normalized spacial score (nSPS) is 8.57. The van der Waals surface area contributed by atoms with E-state index in [0.29, 0.717) is 0 Å². The molecule has 0 spiro atoms. The monoisotopic (exact) mass is 270 g/mol. The van der Waals surface area contributed by atoms with E-state index in [-0.39, 0.29) is 86.6 Å². The average Bonchev–Trinajstić information content (AvgIpc) is 0.722. The molecule has 0 aliphatic carbocycles. The maximum Gasteiger partial charge on any atom is 2.00 e. The third-order valence-corrected chi connectivity index (χ3v) is 0. The van der Waals surface area contributed by atoms with Gasteiger partial charge in [0.05, 0.1) is 0 Å². The zero-order valence-electron chi connectivity index (χ0n) is 3.55. The number of hydrogen-bond donors (Lipinski definition) is 0. The largest absolute Gasteiger partial charge is 2.00 e. The molecule has 0 aromatic rings. The summed E-state index contributed by atoms with van der Waals surface area (Å²) in [6.45, 7) is 0. The van der Waals surface area contributed by atoms with Gasteiger partial charge in [-0.25, -0.2) is 0 Å². The Hall–Kier alpha value is 2.89. The molecule has 0 rings (SSSR count). The molecule has 0 N–H and O–H groups in total. The van der Waals surface area contributed by atoms with E-state index in [0.717, 1.165) is 0 Å². The molecule has 4 nitrogen and oxygen atoms in total. The van der Waals surface area contributed by atoms with E-state index in [2.05, 4.69) is 0 Å². The summed E-state index contributed by atoms with van der Waals surface area (Å²) in [7, 11) is -5.61. The van der Waals surface area contributed by atoms with Gasteiger partial charge in [0.2, 0.25) is 0 Å². The van der Waals surface area contributed by atoms with Crippen molar-refractivity contribution < 1.29 is 19.2 Å². The zero-order chi connectivity index (χ0) is 4.50. The molecule has 0 amide bonds. The third-order valence-electron chi connectivity index (χ3n) is 0. The van der Waals surface area contributed by atoms with Crippen LogP contribution in [0.25, 0.3) is 0 Å². The third kappa shape index (κ3) is 50.6. The molecule has 0 aliphatic rings. The van der Waals surface area contributed by atoms with Gasteiger partial charge in [0, 0.05) is 0 Å². The van der Waals surface area contributed by atoms with E-state index in [1.807, 2.05) is 0 Å². The van der Waals surface area contributed by atoms with E-state index < -0.39 is 9.05 Å². The summed E-state index contributed by atoms with van der Waals surface area (Å²) in [6, 6.07) is 0. The first kappa shape index (κ1) is 16.5. The van der Waals surface area contributed by atoms with Crippen LogP contribution >= 0.6 is 0 Å². The minimum absolute atomic E-state index is 0. The standard InChI is InChI=1S/Ba.Ca.O4Si/c;;1-5(2,3)4/q2*+2;-4. The van der Waals surface area contributed by atoms with E-state index in [4.69, 9.17) is 19.2 Å². The van der Waals surface area contributed by atoms with Gasteiger partial charge < -0.3 is 28.2 Å². The van der Waals surface area contributed by atoms with Crippen molar-refractivity contribution in [3.05, 3.63) is 0 Å². The molecule has 7 heavy (non-hydrogen) atoms. The molecule has 0 saturated carbocycles. The van der Waals surface area contributed by atoms with Crippen molar-refractivity contribution in [3.63, 3.8) is 0 Å². The molecular weight excluding hydrogens is 269 g/mol. The first-order chi connectivity index (χ1) is 2.00. The predicted octanol–water partition coefficient (Wildman–Crippen LogP) is -5.90. The molecule has 0 aromatic carbocycles. The fourth-order valence-corrected chi connectivity index (χ4v) is 0. The van der Waals surface area contributed by atoms with Crippen molar-refractivity contribution in [1.82, 2.24) is 0 Å². The Morgan fingerprint density at radius 1 is 0.857 bits per heavy atom. The molecule has 0 saturated heterocycles.